The Hall–Kier alpha value is -0.870. The maximum atomic E-state index is 12.2. The second kappa shape index (κ2) is 36.6. The van der Waals surface area contributed by atoms with Gasteiger partial charge in [-0.05, 0) is 32.1 Å². The predicted octanol–water partition coefficient (Wildman–Crippen LogP) is 11.9. The molecule has 0 bridgehead atoms. The summed E-state index contributed by atoms with van der Waals surface area (Å²) in [7, 11) is 0. The summed E-state index contributed by atoms with van der Waals surface area (Å²) in [6.45, 7) is 4.32. The average molecular weight is 622 g/mol. The van der Waals surface area contributed by atoms with Crippen molar-refractivity contribution in [2.24, 2.45) is 0 Å². The first-order valence-electron chi connectivity index (χ1n) is 19.9. The van der Waals surface area contributed by atoms with Crippen LogP contribution in [0.4, 0.5) is 0 Å². The molecule has 0 rings (SSSR count). The number of aliphatic hydroxyl groups is 2. The Balaban J connectivity index is 3.45. The fraction of sp³-hybridized carbons (Fsp3) is 0.925. The Morgan fingerprint density at radius 1 is 0.523 bits per heavy atom. The molecular formula is C40H79NO3. The van der Waals surface area contributed by atoms with Crippen LogP contribution in [0.2, 0.25) is 0 Å². The molecule has 0 fully saturated rings. The Labute approximate surface area is 276 Å². The van der Waals surface area contributed by atoms with Gasteiger partial charge in [-0.15, -0.1) is 0 Å². The number of carbonyl (C=O) groups is 1. The van der Waals surface area contributed by atoms with Crippen LogP contribution in [0.15, 0.2) is 12.2 Å². The highest BCUT2D eigenvalue weighted by molar-refractivity contribution is 5.76. The minimum Gasteiger partial charge on any atom is -0.394 e. The number of nitrogens with one attached hydrogen (secondary N) is 1. The molecule has 44 heavy (non-hydrogen) atoms. The van der Waals surface area contributed by atoms with Gasteiger partial charge in [-0.25, -0.2) is 0 Å². The summed E-state index contributed by atoms with van der Waals surface area (Å²) < 4.78 is 0. The summed E-state index contributed by atoms with van der Waals surface area (Å²) in [6.07, 6.45) is 44.4. The van der Waals surface area contributed by atoms with Gasteiger partial charge in [-0.3, -0.25) is 4.79 Å². The van der Waals surface area contributed by atoms with Crippen molar-refractivity contribution in [3.63, 3.8) is 0 Å². The molecule has 3 N–H and O–H groups in total. The maximum absolute atomic E-state index is 12.2. The Morgan fingerprint density at radius 2 is 0.864 bits per heavy atom. The van der Waals surface area contributed by atoms with Crippen LogP contribution >= 0.6 is 0 Å². The van der Waals surface area contributed by atoms with E-state index in [0.717, 1.165) is 32.1 Å². The summed E-state index contributed by atoms with van der Waals surface area (Å²) in [5, 5.41) is 23.0. The van der Waals surface area contributed by atoms with Crippen molar-refractivity contribution < 1.29 is 15.0 Å². The first kappa shape index (κ1) is 43.1. The van der Waals surface area contributed by atoms with Gasteiger partial charge in [-0.1, -0.05) is 193 Å². The first-order chi connectivity index (χ1) is 21.7. The van der Waals surface area contributed by atoms with E-state index in [0.29, 0.717) is 12.8 Å². The van der Waals surface area contributed by atoms with Crippen LogP contribution < -0.4 is 5.32 Å². The van der Waals surface area contributed by atoms with Crippen molar-refractivity contribution >= 4 is 5.91 Å². The summed E-state index contributed by atoms with van der Waals surface area (Å²) in [4.78, 5) is 12.2. The molecule has 4 heteroatoms. The molecule has 4 nitrogen and oxygen atoms in total. The molecule has 1 amide bonds. The van der Waals surface area contributed by atoms with E-state index in [2.05, 4.69) is 31.3 Å². The Morgan fingerprint density at radius 3 is 1.25 bits per heavy atom. The molecule has 0 aliphatic rings. The number of unbranched alkanes of at least 4 members (excludes halogenated alkanes) is 27. The third-order valence-corrected chi connectivity index (χ3v) is 9.28. The molecule has 0 aliphatic heterocycles. The molecule has 2 unspecified atom stereocenters. The zero-order valence-electron chi connectivity index (χ0n) is 29.9. The van der Waals surface area contributed by atoms with Crippen LogP contribution in [0.1, 0.15) is 219 Å². The summed E-state index contributed by atoms with van der Waals surface area (Å²) in [5.41, 5.74) is 0. The highest BCUT2D eigenvalue weighted by atomic mass is 16.3. The van der Waals surface area contributed by atoms with Gasteiger partial charge in [0, 0.05) is 6.42 Å². The SMILES string of the molecule is CCCCCC/C=C\CCCC(=O)NC(CO)C(O)CCCCCCCCCCCCCCCCCCCCCCCCC. The average Bonchev–Trinajstić information content (AvgIpc) is 3.03. The maximum Gasteiger partial charge on any atom is 0.220 e. The van der Waals surface area contributed by atoms with Crippen molar-refractivity contribution in [1.29, 1.82) is 0 Å². The van der Waals surface area contributed by atoms with Gasteiger partial charge in [-0.2, -0.15) is 0 Å². The molecule has 0 spiro atoms. The lowest BCUT2D eigenvalue weighted by Gasteiger charge is -2.22. The number of amides is 1. The van der Waals surface area contributed by atoms with Crippen molar-refractivity contribution in [1.82, 2.24) is 5.32 Å². The van der Waals surface area contributed by atoms with E-state index in [-0.39, 0.29) is 12.5 Å². The summed E-state index contributed by atoms with van der Waals surface area (Å²) >= 11 is 0. The van der Waals surface area contributed by atoms with Crippen molar-refractivity contribution in [3.8, 4) is 0 Å². The minimum atomic E-state index is -0.665. The van der Waals surface area contributed by atoms with Crippen molar-refractivity contribution in [2.45, 2.75) is 231 Å². The van der Waals surface area contributed by atoms with Gasteiger partial charge in [0.05, 0.1) is 18.8 Å². The van der Waals surface area contributed by atoms with E-state index in [4.69, 9.17) is 0 Å². The van der Waals surface area contributed by atoms with E-state index in [1.165, 1.54) is 161 Å². The van der Waals surface area contributed by atoms with Gasteiger partial charge < -0.3 is 15.5 Å². The number of hydrogen-bond acceptors (Lipinski definition) is 3. The molecule has 0 radical (unpaired) electrons. The fourth-order valence-electron chi connectivity index (χ4n) is 6.19. The highest BCUT2D eigenvalue weighted by Crippen LogP contribution is 2.16. The molecule has 0 aliphatic carbocycles. The topological polar surface area (TPSA) is 69.6 Å². The highest BCUT2D eigenvalue weighted by Gasteiger charge is 2.19. The van der Waals surface area contributed by atoms with Crippen LogP contribution in [0.25, 0.3) is 0 Å². The monoisotopic (exact) mass is 622 g/mol. The second-order valence-electron chi connectivity index (χ2n) is 13.7. The molecular weight excluding hydrogens is 542 g/mol. The standard InChI is InChI=1S/C40H79NO3/c1-3-5-7-9-11-13-14-15-16-17-18-19-20-21-22-23-24-25-26-28-29-31-33-35-39(43)38(37-42)41-40(44)36-34-32-30-27-12-10-8-6-4-2/h27,30,38-39,42-43H,3-26,28-29,31-37H2,1-2H3,(H,41,44)/b30-27-. The quantitative estimate of drug-likeness (QED) is 0.0481. The molecule has 0 saturated carbocycles. The van der Waals surface area contributed by atoms with E-state index < -0.39 is 12.1 Å². The van der Waals surface area contributed by atoms with Crippen LogP contribution in [-0.2, 0) is 4.79 Å². The van der Waals surface area contributed by atoms with Crippen molar-refractivity contribution in [2.75, 3.05) is 6.61 Å². The molecule has 0 heterocycles. The van der Waals surface area contributed by atoms with E-state index >= 15 is 0 Å². The molecule has 262 valence electrons. The van der Waals surface area contributed by atoms with E-state index in [1.807, 2.05) is 0 Å². The largest absolute Gasteiger partial charge is 0.394 e. The molecule has 2 atom stereocenters. The smallest absolute Gasteiger partial charge is 0.220 e. The minimum absolute atomic E-state index is 0.0659. The van der Waals surface area contributed by atoms with Crippen LogP contribution in [0.5, 0.6) is 0 Å². The lowest BCUT2D eigenvalue weighted by molar-refractivity contribution is -0.123. The third-order valence-electron chi connectivity index (χ3n) is 9.28. The molecule has 0 saturated heterocycles. The predicted molar refractivity (Wildman–Crippen MR) is 193 cm³/mol. The third kappa shape index (κ3) is 32.5. The van der Waals surface area contributed by atoms with Gasteiger partial charge in [0.15, 0.2) is 0 Å². The first-order valence-corrected chi connectivity index (χ1v) is 19.9. The van der Waals surface area contributed by atoms with Gasteiger partial charge in [0.25, 0.3) is 0 Å². The van der Waals surface area contributed by atoms with E-state index in [1.54, 1.807) is 0 Å². The number of allylic oxidation sites excluding steroid dienone is 2. The summed E-state index contributed by atoms with van der Waals surface area (Å²) in [6, 6.07) is -0.545. The fourth-order valence-corrected chi connectivity index (χ4v) is 6.19. The number of rotatable bonds is 36. The number of carbonyl (C=O) groups excluding carboxylic acids is 1. The van der Waals surface area contributed by atoms with Crippen molar-refractivity contribution in [3.05, 3.63) is 12.2 Å². The lowest BCUT2D eigenvalue weighted by Crippen LogP contribution is -2.45. The van der Waals surface area contributed by atoms with Gasteiger partial charge in [0.1, 0.15) is 0 Å². The molecule has 0 aromatic heterocycles. The number of hydrogen-bond donors (Lipinski definition) is 3. The van der Waals surface area contributed by atoms with Crippen LogP contribution in [-0.4, -0.2) is 34.9 Å². The second-order valence-corrected chi connectivity index (χ2v) is 13.7. The van der Waals surface area contributed by atoms with E-state index in [9.17, 15) is 15.0 Å². The van der Waals surface area contributed by atoms with Gasteiger partial charge >= 0.3 is 0 Å². The zero-order chi connectivity index (χ0) is 32.2. The Bertz CT molecular complexity index is 593. The van der Waals surface area contributed by atoms with Gasteiger partial charge in [0.2, 0.25) is 5.91 Å². The Kier molecular flexibility index (Phi) is 35.9. The zero-order valence-corrected chi connectivity index (χ0v) is 29.9. The number of aliphatic hydroxyl groups excluding tert-OH is 2. The lowest BCUT2D eigenvalue weighted by atomic mass is 10.0. The normalized spacial score (nSPS) is 13.1. The molecule has 0 aromatic rings. The molecule has 0 aromatic carbocycles. The summed E-state index contributed by atoms with van der Waals surface area (Å²) in [5.74, 6) is -0.0659. The van der Waals surface area contributed by atoms with Crippen LogP contribution in [0, 0.1) is 0 Å². The van der Waals surface area contributed by atoms with Crippen LogP contribution in [0.3, 0.4) is 0 Å².